The highest BCUT2D eigenvalue weighted by Crippen LogP contribution is 2.26. The minimum atomic E-state index is 0.0165. The first kappa shape index (κ1) is 14.3. The molecule has 19 heavy (non-hydrogen) atoms. The fraction of sp³-hybridized carbons (Fsp3) is 0.357. The van der Waals surface area contributed by atoms with Crippen LogP contribution in [-0.2, 0) is 0 Å². The van der Waals surface area contributed by atoms with E-state index >= 15 is 0 Å². The van der Waals surface area contributed by atoms with E-state index in [0.717, 1.165) is 21.3 Å². The van der Waals surface area contributed by atoms with Gasteiger partial charge in [-0.05, 0) is 46.7 Å². The van der Waals surface area contributed by atoms with Crippen molar-refractivity contribution in [1.82, 2.24) is 9.78 Å². The molecule has 0 bridgehead atoms. The normalized spacial score (nSPS) is 14.1. The summed E-state index contributed by atoms with van der Waals surface area (Å²) in [5.74, 6) is 0.840. The number of nitrogens with two attached hydrogens (primary N) is 1. The molecule has 2 aromatic rings. The van der Waals surface area contributed by atoms with Gasteiger partial charge in [0.2, 0.25) is 0 Å². The Kier molecular flexibility index (Phi) is 4.81. The van der Waals surface area contributed by atoms with Gasteiger partial charge in [0.1, 0.15) is 5.75 Å². The standard InChI is InChI=1S/C14H18IN3O/c1-3-13(16)14(18-9-11(15)8-17-18)10-5-4-6-12(7-10)19-2/h4-9,13-14H,3,16H2,1-2H3. The van der Waals surface area contributed by atoms with Crippen LogP contribution < -0.4 is 10.5 Å². The van der Waals surface area contributed by atoms with E-state index in [2.05, 4.69) is 40.7 Å². The van der Waals surface area contributed by atoms with Gasteiger partial charge in [-0.15, -0.1) is 0 Å². The highest BCUT2D eigenvalue weighted by atomic mass is 127. The minimum Gasteiger partial charge on any atom is -0.497 e. The van der Waals surface area contributed by atoms with Gasteiger partial charge >= 0.3 is 0 Å². The molecular weight excluding hydrogens is 353 g/mol. The third kappa shape index (κ3) is 3.27. The monoisotopic (exact) mass is 371 g/mol. The minimum absolute atomic E-state index is 0.0165. The Hall–Kier alpha value is -1.08. The lowest BCUT2D eigenvalue weighted by molar-refractivity contribution is 0.404. The number of rotatable bonds is 5. The van der Waals surface area contributed by atoms with Gasteiger partial charge in [0.25, 0.3) is 0 Å². The number of hydrogen-bond acceptors (Lipinski definition) is 3. The van der Waals surface area contributed by atoms with E-state index in [0.29, 0.717) is 0 Å². The summed E-state index contributed by atoms with van der Waals surface area (Å²) in [6, 6.07) is 8.06. The SMILES string of the molecule is CCC(N)C(c1cccc(OC)c1)n1cc(I)cn1. The van der Waals surface area contributed by atoms with Crippen LogP contribution in [0.1, 0.15) is 24.9 Å². The molecule has 102 valence electrons. The molecule has 0 saturated heterocycles. The molecule has 1 heterocycles. The number of benzene rings is 1. The molecule has 2 N–H and O–H groups in total. The van der Waals surface area contributed by atoms with E-state index in [9.17, 15) is 0 Å². The van der Waals surface area contributed by atoms with Crippen molar-refractivity contribution >= 4 is 22.6 Å². The van der Waals surface area contributed by atoms with Gasteiger partial charge in [-0.2, -0.15) is 5.10 Å². The molecule has 0 aliphatic rings. The molecular formula is C14H18IN3O. The summed E-state index contributed by atoms with van der Waals surface area (Å²) in [4.78, 5) is 0. The van der Waals surface area contributed by atoms with E-state index in [1.807, 2.05) is 35.3 Å². The highest BCUT2D eigenvalue weighted by molar-refractivity contribution is 14.1. The van der Waals surface area contributed by atoms with Gasteiger partial charge in [0, 0.05) is 12.2 Å². The molecule has 2 atom stereocenters. The third-order valence-corrected chi connectivity index (χ3v) is 3.72. The van der Waals surface area contributed by atoms with Crippen LogP contribution in [0.5, 0.6) is 5.75 Å². The lowest BCUT2D eigenvalue weighted by Crippen LogP contribution is -2.32. The van der Waals surface area contributed by atoms with Crippen LogP contribution in [0.2, 0.25) is 0 Å². The molecule has 1 aromatic carbocycles. The second-order valence-corrected chi connectivity index (χ2v) is 5.68. The zero-order valence-electron chi connectivity index (χ0n) is 11.1. The second kappa shape index (κ2) is 6.38. The first-order chi connectivity index (χ1) is 9.15. The number of nitrogens with zero attached hydrogens (tertiary/aromatic N) is 2. The predicted molar refractivity (Wildman–Crippen MR) is 84.3 cm³/mol. The molecule has 0 saturated carbocycles. The average Bonchev–Trinajstić information content (AvgIpc) is 2.85. The van der Waals surface area contributed by atoms with Crippen LogP contribution in [0.25, 0.3) is 0 Å². The quantitative estimate of drug-likeness (QED) is 0.823. The van der Waals surface area contributed by atoms with Crippen molar-refractivity contribution in [3.63, 3.8) is 0 Å². The summed E-state index contributed by atoms with van der Waals surface area (Å²) in [7, 11) is 1.67. The molecule has 2 rings (SSSR count). The maximum absolute atomic E-state index is 6.28. The molecule has 4 nitrogen and oxygen atoms in total. The van der Waals surface area contributed by atoms with Crippen LogP contribution in [-0.4, -0.2) is 22.9 Å². The fourth-order valence-electron chi connectivity index (χ4n) is 2.11. The van der Waals surface area contributed by atoms with Crippen LogP contribution in [0.15, 0.2) is 36.7 Å². The predicted octanol–water partition coefficient (Wildman–Crippen LogP) is 2.82. The van der Waals surface area contributed by atoms with Crippen molar-refractivity contribution in [2.24, 2.45) is 5.73 Å². The van der Waals surface area contributed by atoms with Crippen molar-refractivity contribution in [2.45, 2.75) is 25.4 Å². The summed E-state index contributed by atoms with van der Waals surface area (Å²) < 4.78 is 8.33. The van der Waals surface area contributed by atoms with E-state index in [-0.39, 0.29) is 12.1 Å². The van der Waals surface area contributed by atoms with Crippen molar-refractivity contribution in [3.8, 4) is 5.75 Å². The van der Waals surface area contributed by atoms with Crippen molar-refractivity contribution in [3.05, 3.63) is 45.8 Å². The molecule has 0 aliphatic carbocycles. The summed E-state index contributed by atoms with van der Waals surface area (Å²) in [5.41, 5.74) is 7.40. The first-order valence-electron chi connectivity index (χ1n) is 6.25. The fourth-order valence-corrected chi connectivity index (χ4v) is 2.52. The lowest BCUT2D eigenvalue weighted by atomic mass is 9.98. The first-order valence-corrected chi connectivity index (χ1v) is 7.32. The Morgan fingerprint density at radius 1 is 1.47 bits per heavy atom. The number of aromatic nitrogens is 2. The Morgan fingerprint density at radius 3 is 2.84 bits per heavy atom. The Labute approximate surface area is 127 Å². The molecule has 0 amide bonds. The zero-order valence-corrected chi connectivity index (χ0v) is 13.2. The average molecular weight is 371 g/mol. The molecule has 0 radical (unpaired) electrons. The smallest absolute Gasteiger partial charge is 0.119 e. The maximum Gasteiger partial charge on any atom is 0.119 e. The van der Waals surface area contributed by atoms with Crippen molar-refractivity contribution in [1.29, 1.82) is 0 Å². The Bertz CT molecular complexity index is 541. The summed E-state index contributed by atoms with van der Waals surface area (Å²) in [6.45, 7) is 2.09. The molecule has 0 fully saturated rings. The zero-order chi connectivity index (χ0) is 13.8. The highest BCUT2D eigenvalue weighted by Gasteiger charge is 2.21. The van der Waals surface area contributed by atoms with Gasteiger partial charge in [0.05, 0.1) is 22.9 Å². The number of hydrogen-bond donors (Lipinski definition) is 1. The largest absolute Gasteiger partial charge is 0.497 e. The number of halogens is 1. The topological polar surface area (TPSA) is 53.1 Å². The van der Waals surface area contributed by atoms with Gasteiger partial charge in [-0.25, -0.2) is 0 Å². The van der Waals surface area contributed by atoms with Crippen LogP contribution in [0.4, 0.5) is 0 Å². The Morgan fingerprint density at radius 2 is 2.26 bits per heavy atom. The molecule has 0 spiro atoms. The second-order valence-electron chi connectivity index (χ2n) is 4.43. The van der Waals surface area contributed by atoms with E-state index in [4.69, 9.17) is 10.5 Å². The summed E-state index contributed by atoms with van der Waals surface area (Å²) in [5, 5.41) is 4.41. The maximum atomic E-state index is 6.28. The summed E-state index contributed by atoms with van der Waals surface area (Å²) in [6.07, 6.45) is 4.74. The van der Waals surface area contributed by atoms with E-state index in [1.165, 1.54) is 0 Å². The van der Waals surface area contributed by atoms with Gasteiger partial charge in [0.15, 0.2) is 0 Å². The van der Waals surface area contributed by atoms with Gasteiger partial charge in [-0.3, -0.25) is 4.68 Å². The molecule has 1 aromatic heterocycles. The van der Waals surface area contributed by atoms with Crippen molar-refractivity contribution in [2.75, 3.05) is 7.11 Å². The van der Waals surface area contributed by atoms with Crippen LogP contribution >= 0.6 is 22.6 Å². The van der Waals surface area contributed by atoms with Gasteiger partial charge < -0.3 is 10.5 Å². The molecule has 2 unspecified atom stereocenters. The lowest BCUT2D eigenvalue weighted by Gasteiger charge is -2.24. The van der Waals surface area contributed by atoms with E-state index < -0.39 is 0 Å². The summed E-state index contributed by atoms with van der Waals surface area (Å²) >= 11 is 2.25. The van der Waals surface area contributed by atoms with Crippen LogP contribution in [0, 0.1) is 3.57 Å². The number of methoxy groups -OCH3 is 1. The molecule has 5 heteroatoms. The van der Waals surface area contributed by atoms with Crippen molar-refractivity contribution < 1.29 is 4.74 Å². The van der Waals surface area contributed by atoms with Gasteiger partial charge in [-0.1, -0.05) is 19.1 Å². The Balaban J connectivity index is 2.42. The number of ether oxygens (including phenoxy) is 1. The molecule has 0 aliphatic heterocycles. The van der Waals surface area contributed by atoms with Crippen LogP contribution in [0.3, 0.4) is 0 Å². The van der Waals surface area contributed by atoms with E-state index in [1.54, 1.807) is 7.11 Å². The third-order valence-electron chi connectivity index (χ3n) is 3.17.